The van der Waals surface area contributed by atoms with E-state index in [0.717, 1.165) is 35.2 Å². The van der Waals surface area contributed by atoms with Crippen molar-refractivity contribution in [2.45, 2.75) is 26.2 Å². The molecule has 1 aliphatic rings. The van der Waals surface area contributed by atoms with Gasteiger partial charge in [0, 0.05) is 50.8 Å². The van der Waals surface area contributed by atoms with E-state index >= 15 is 0 Å². The third-order valence-electron chi connectivity index (χ3n) is 6.20. The summed E-state index contributed by atoms with van der Waals surface area (Å²) >= 11 is 0. The zero-order valence-electron chi connectivity index (χ0n) is 18.7. The van der Waals surface area contributed by atoms with Crippen LogP contribution in [0.2, 0.25) is 0 Å². The number of rotatable bonds is 5. The van der Waals surface area contributed by atoms with Crippen LogP contribution in [-0.4, -0.2) is 69.0 Å². The topological polar surface area (TPSA) is 95.1 Å². The molecule has 0 bridgehead atoms. The fraction of sp³-hybridized carbons (Fsp3) is 0.375. The number of aryl methyl sites for hydroxylation is 1. The maximum Gasteiger partial charge on any atom is 0.257 e. The lowest BCUT2D eigenvalue weighted by atomic mass is 9.73. The number of nitrogens with one attached hydrogen (secondary N) is 1. The summed E-state index contributed by atoms with van der Waals surface area (Å²) in [4.78, 5) is 38.5. The van der Waals surface area contributed by atoms with Crippen LogP contribution in [0.3, 0.4) is 0 Å². The minimum Gasteiger partial charge on any atom is -0.348 e. The molecule has 4 rings (SSSR count). The molecule has 1 saturated heterocycles. The Kier molecular flexibility index (Phi) is 6.03. The zero-order valence-corrected chi connectivity index (χ0v) is 18.7. The highest BCUT2D eigenvalue weighted by Crippen LogP contribution is 2.38. The standard InChI is InChI=1S/C24H28N6O2/c1-17-21(14-27-28-17)22(31)30-10-6-9-24(15-30,23(32)29(2)3)11-18-7-4-5-8-20(18)19-12-25-16-26-13-19/h4-5,7-8,12-14,16H,6,9-11,15H2,1-3H3,(H,27,28)/t24-/m1/s1. The molecule has 8 heteroatoms. The third-order valence-corrected chi connectivity index (χ3v) is 6.20. The van der Waals surface area contributed by atoms with Crippen molar-refractivity contribution in [2.24, 2.45) is 5.41 Å². The molecule has 0 aliphatic carbocycles. The Hall–Kier alpha value is -3.55. The van der Waals surface area contributed by atoms with Crippen molar-refractivity contribution in [1.29, 1.82) is 0 Å². The van der Waals surface area contributed by atoms with Crippen LogP contribution in [0.5, 0.6) is 0 Å². The Balaban J connectivity index is 1.70. The molecule has 1 aromatic carbocycles. The molecule has 0 radical (unpaired) electrons. The van der Waals surface area contributed by atoms with Gasteiger partial charge in [-0.05, 0) is 37.3 Å². The van der Waals surface area contributed by atoms with E-state index in [1.807, 2.05) is 31.2 Å². The Morgan fingerprint density at radius 2 is 1.91 bits per heavy atom. The summed E-state index contributed by atoms with van der Waals surface area (Å²) in [5, 5.41) is 6.82. The number of carbonyl (C=O) groups is 2. The molecular formula is C24H28N6O2. The summed E-state index contributed by atoms with van der Waals surface area (Å²) in [6, 6.07) is 8.04. The molecule has 0 spiro atoms. The van der Waals surface area contributed by atoms with Gasteiger partial charge in [-0.3, -0.25) is 14.7 Å². The molecule has 3 heterocycles. The first kappa shape index (κ1) is 21.7. The van der Waals surface area contributed by atoms with Crippen molar-refractivity contribution in [3.63, 3.8) is 0 Å². The number of benzene rings is 1. The molecule has 0 saturated carbocycles. The van der Waals surface area contributed by atoms with Crippen LogP contribution in [-0.2, 0) is 11.2 Å². The highest BCUT2D eigenvalue weighted by Gasteiger charge is 2.45. The summed E-state index contributed by atoms with van der Waals surface area (Å²) < 4.78 is 0. The maximum atomic E-state index is 13.5. The monoisotopic (exact) mass is 432 g/mol. The number of piperidine rings is 1. The number of hydrogen-bond donors (Lipinski definition) is 1. The summed E-state index contributed by atoms with van der Waals surface area (Å²) in [5.41, 5.74) is 3.55. The fourth-order valence-electron chi connectivity index (χ4n) is 4.67. The largest absolute Gasteiger partial charge is 0.348 e. The van der Waals surface area contributed by atoms with Gasteiger partial charge in [-0.25, -0.2) is 9.97 Å². The van der Waals surface area contributed by atoms with Crippen LogP contribution in [0, 0.1) is 12.3 Å². The van der Waals surface area contributed by atoms with Crippen LogP contribution < -0.4 is 0 Å². The van der Waals surface area contributed by atoms with Gasteiger partial charge in [0.1, 0.15) is 6.33 Å². The van der Waals surface area contributed by atoms with Crippen molar-refractivity contribution < 1.29 is 9.59 Å². The lowest BCUT2D eigenvalue weighted by Crippen LogP contribution is -2.54. The highest BCUT2D eigenvalue weighted by atomic mass is 16.2. The molecule has 2 aromatic heterocycles. The van der Waals surface area contributed by atoms with Gasteiger partial charge in [-0.2, -0.15) is 5.10 Å². The molecule has 2 amide bonds. The summed E-state index contributed by atoms with van der Waals surface area (Å²) in [6.07, 6.45) is 8.65. The molecule has 3 aromatic rings. The Morgan fingerprint density at radius 1 is 1.16 bits per heavy atom. The summed E-state index contributed by atoms with van der Waals surface area (Å²) in [5.74, 6) is -0.0466. The van der Waals surface area contributed by atoms with E-state index in [2.05, 4.69) is 20.2 Å². The molecule has 166 valence electrons. The third kappa shape index (κ3) is 4.12. The van der Waals surface area contributed by atoms with Crippen LogP contribution in [0.1, 0.15) is 34.5 Å². The fourth-order valence-corrected chi connectivity index (χ4v) is 4.67. The van der Waals surface area contributed by atoms with E-state index in [1.165, 1.54) is 6.33 Å². The zero-order chi connectivity index (χ0) is 22.7. The van der Waals surface area contributed by atoms with Gasteiger partial charge >= 0.3 is 0 Å². The number of likely N-dealkylation sites (tertiary alicyclic amines) is 1. The van der Waals surface area contributed by atoms with Crippen LogP contribution in [0.25, 0.3) is 11.1 Å². The van der Waals surface area contributed by atoms with Crippen molar-refractivity contribution in [1.82, 2.24) is 30.0 Å². The van der Waals surface area contributed by atoms with Crippen molar-refractivity contribution in [3.05, 3.63) is 66.0 Å². The molecule has 0 unspecified atom stereocenters. The molecule has 1 atom stereocenters. The lowest BCUT2D eigenvalue weighted by Gasteiger charge is -2.43. The number of carbonyl (C=O) groups excluding carboxylic acids is 2. The van der Waals surface area contributed by atoms with Gasteiger partial charge in [-0.1, -0.05) is 24.3 Å². The first-order valence-electron chi connectivity index (χ1n) is 10.8. The number of amides is 2. The minimum absolute atomic E-state index is 0.0398. The number of nitrogens with zero attached hydrogens (tertiary/aromatic N) is 5. The predicted molar refractivity (Wildman–Crippen MR) is 121 cm³/mol. The van der Waals surface area contributed by atoms with Gasteiger partial charge in [0.15, 0.2) is 0 Å². The number of aromatic nitrogens is 4. The average molecular weight is 433 g/mol. The number of aromatic amines is 1. The molecule has 32 heavy (non-hydrogen) atoms. The Labute approximate surface area is 187 Å². The first-order chi connectivity index (χ1) is 15.4. The average Bonchev–Trinajstić information content (AvgIpc) is 3.25. The molecule has 8 nitrogen and oxygen atoms in total. The van der Waals surface area contributed by atoms with Gasteiger partial charge < -0.3 is 9.80 Å². The quantitative estimate of drug-likeness (QED) is 0.669. The van der Waals surface area contributed by atoms with Gasteiger partial charge in [0.25, 0.3) is 5.91 Å². The van der Waals surface area contributed by atoms with E-state index in [9.17, 15) is 9.59 Å². The van der Waals surface area contributed by atoms with E-state index in [4.69, 9.17) is 0 Å². The van der Waals surface area contributed by atoms with Crippen molar-refractivity contribution >= 4 is 11.8 Å². The Morgan fingerprint density at radius 3 is 2.59 bits per heavy atom. The molecule has 1 fully saturated rings. The molecule has 1 aliphatic heterocycles. The van der Waals surface area contributed by atoms with Gasteiger partial charge in [-0.15, -0.1) is 0 Å². The van der Waals surface area contributed by atoms with Gasteiger partial charge in [0.2, 0.25) is 5.91 Å². The predicted octanol–water partition coefficient (Wildman–Crippen LogP) is 2.73. The molecule has 1 N–H and O–H groups in total. The second kappa shape index (κ2) is 8.90. The van der Waals surface area contributed by atoms with Crippen LogP contribution >= 0.6 is 0 Å². The number of hydrogen-bond acceptors (Lipinski definition) is 5. The summed E-state index contributed by atoms with van der Waals surface area (Å²) in [7, 11) is 3.56. The van der Waals surface area contributed by atoms with Crippen molar-refractivity contribution in [3.8, 4) is 11.1 Å². The molecular weight excluding hydrogens is 404 g/mol. The van der Waals surface area contributed by atoms with E-state index < -0.39 is 5.41 Å². The van der Waals surface area contributed by atoms with Crippen LogP contribution in [0.4, 0.5) is 0 Å². The minimum atomic E-state index is -0.708. The second-order valence-electron chi connectivity index (χ2n) is 8.68. The van der Waals surface area contributed by atoms with E-state index in [-0.39, 0.29) is 11.8 Å². The van der Waals surface area contributed by atoms with Gasteiger partial charge in [0.05, 0.1) is 17.2 Å². The van der Waals surface area contributed by atoms with Crippen LogP contribution in [0.15, 0.2) is 49.2 Å². The Bertz CT molecular complexity index is 1110. The van der Waals surface area contributed by atoms with E-state index in [1.54, 1.807) is 42.5 Å². The highest BCUT2D eigenvalue weighted by molar-refractivity contribution is 5.95. The second-order valence-corrected chi connectivity index (χ2v) is 8.68. The smallest absolute Gasteiger partial charge is 0.257 e. The number of H-pyrrole nitrogens is 1. The van der Waals surface area contributed by atoms with Crippen molar-refractivity contribution in [2.75, 3.05) is 27.2 Å². The SMILES string of the molecule is Cc1[nH]ncc1C(=O)N1CCC[C@](Cc2ccccc2-c2cncnc2)(C(=O)N(C)C)C1. The lowest BCUT2D eigenvalue weighted by molar-refractivity contribution is -0.142. The summed E-state index contributed by atoms with van der Waals surface area (Å²) in [6.45, 7) is 2.83. The van der Waals surface area contributed by atoms with E-state index in [0.29, 0.717) is 25.1 Å². The normalized spacial score (nSPS) is 18.4. The first-order valence-corrected chi connectivity index (χ1v) is 10.8. The maximum absolute atomic E-state index is 13.5.